The van der Waals surface area contributed by atoms with E-state index in [1.165, 1.54) is 12.5 Å². The van der Waals surface area contributed by atoms with Crippen molar-refractivity contribution in [2.75, 3.05) is 6.26 Å². The molecule has 1 saturated carbocycles. The van der Waals surface area contributed by atoms with E-state index >= 15 is 0 Å². The number of amides is 1. The molecule has 21 heavy (non-hydrogen) atoms. The third kappa shape index (κ3) is 4.77. The van der Waals surface area contributed by atoms with Crippen LogP contribution >= 0.6 is 11.8 Å². The number of carbonyl (C=O) groups is 2. The van der Waals surface area contributed by atoms with Crippen LogP contribution < -0.4 is 5.32 Å². The Morgan fingerprint density at radius 1 is 1.38 bits per heavy atom. The summed E-state index contributed by atoms with van der Waals surface area (Å²) >= 11 is 1.87. The number of aromatic carboxylic acids is 1. The Kier molecular flexibility index (Phi) is 5.67. The molecule has 1 aliphatic rings. The SMILES string of the molecule is CSC1CCCC(NC(=O)Cc2cccc(C(=O)O)c2)C1. The highest BCUT2D eigenvalue weighted by molar-refractivity contribution is 7.99. The predicted octanol–water partition coefficient (Wildman–Crippen LogP) is 2.72. The fourth-order valence-electron chi connectivity index (χ4n) is 2.77. The smallest absolute Gasteiger partial charge is 0.335 e. The van der Waals surface area contributed by atoms with Gasteiger partial charge in [0.2, 0.25) is 5.91 Å². The second-order valence-corrected chi connectivity index (χ2v) is 6.61. The number of hydrogen-bond acceptors (Lipinski definition) is 3. The quantitative estimate of drug-likeness (QED) is 0.878. The summed E-state index contributed by atoms with van der Waals surface area (Å²) < 4.78 is 0. The average Bonchev–Trinajstić information content (AvgIpc) is 2.47. The van der Waals surface area contributed by atoms with Crippen LogP contribution in [0.3, 0.4) is 0 Å². The minimum absolute atomic E-state index is 0.0238. The summed E-state index contributed by atoms with van der Waals surface area (Å²) in [6.07, 6.45) is 6.81. The van der Waals surface area contributed by atoms with Crippen LogP contribution in [0.1, 0.15) is 41.6 Å². The number of carbonyl (C=O) groups excluding carboxylic acids is 1. The zero-order valence-corrected chi connectivity index (χ0v) is 13.0. The van der Waals surface area contributed by atoms with Gasteiger partial charge in [-0.25, -0.2) is 4.79 Å². The lowest BCUT2D eigenvalue weighted by Gasteiger charge is -2.28. The summed E-state index contributed by atoms with van der Waals surface area (Å²) in [5, 5.41) is 12.7. The van der Waals surface area contributed by atoms with Crippen LogP contribution in [-0.2, 0) is 11.2 Å². The molecule has 2 N–H and O–H groups in total. The maximum absolute atomic E-state index is 12.1. The molecule has 0 heterocycles. The van der Waals surface area contributed by atoms with Crippen LogP contribution in [0.25, 0.3) is 0 Å². The Morgan fingerprint density at radius 3 is 2.90 bits per heavy atom. The second-order valence-electron chi connectivity index (χ2n) is 5.47. The first kappa shape index (κ1) is 15.9. The highest BCUT2D eigenvalue weighted by atomic mass is 32.2. The standard InChI is InChI=1S/C16H21NO3S/c1-21-14-7-3-6-13(10-14)17-15(18)9-11-4-2-5-12(8-11)16(19)20/h2,4-5,8,13-14H,3,6-7,9-10H2,1H3,(H,17,18)(H,19,20). The number of thioether (sulfide) groups is 1. The van der Waals surface area contributed by atoms with Crippen molar-refractivity contribution in [2.24, 2.45) is 0 Å². The molecule has 1 fully saturated rings. The van der Waals surface area contributed by atoms with Crippen LogP contribution in [0.2, 0.25) is 0 Å². The third-order valence-electron chi connectivity index (χ3n) is 3.86. The molecule has 2 rings (SSSR count). The average molecular weight is 307 g/mol. The third-order valence-corrected chi connectivity index (χ3v) is 4.96. The maximum Gasteiger partial charge on any atom is 0.335 e. The minimum atomic E-state index is -0.965. The molecule has 0 spiro atoms. The molecule has 4 nitrogen and oxygen atoms in total. The predicted molar refractivity (Wildman–Crippen MR) is 84.8 cm³/mol. The molecule has 0 saturated heterocycles. The van der Waals surface area contributed by atoms with E-state index in [0.717, 1.165) is 24.8 Å². The van der Waals surface area contributed by atoms with Crippen LogP contribution in [0.5, 0.6) is 0 Å². The Morgan fingerprint density at radius 2 is 2.19 bits per heavy atom. The molecule has 0 aliphatic heterocycles. The lowest BCUT2D eigenvalue weighted by atomic mass is 9.94. The first-order valence-electron chi connectivity index (χ1n) is 7.23. The first-order chi connectivity index (χ1) is 10.1. The van der Waals surface area contributed by atoms with Crippen molar-refractivity contribution in [2.45, 2.75) is 43.4 Å². The molecular formula is C16H21NO3S. The van der Waals surface area contributed by atoms with Crippen LogP contribution in [-0.4, -0.2) is 34.5 Å². The number of carboxylic acids is 1. The monoisotopic (exact) mass is 307 g/mol. The minimum Gasteiger partial charge on any atom is -0.478 e. The van der Waals surface area contributed by atoms with Crippen LogP contribution in [0, 0.1) is 0 Å². The van der Waals surface area contributed by atoms with Gasteiger partial charge in [0.05, 0.1) is 12.0 Å². The van der Waals surface area contributed by atoms with Gasteiger partial charge in [-0.3, -0.25) is 4.79 Å². The number of nitrogens with one attached hydrogen (secondary N) is 1. The van der Waals surface area contributed by atoms with E-state index in [-0.39, 0.29) is 23.9 Å². The zero-order chi connectivity index (χ0) is 15.2. The Hall–Kier alpha value is -1.49. The van der Waals surface area contributed by atoms with Crippen molar-refractivity contribution in [3.8, 4) is 0 Å². The van der Waals surface area contributed by atoms with Crippen molar-refractivity contribution in [1.82, 2.24) is 5.32 Å². The molecule has 0 radical (unpaired) electrons. The number of rotatable bonds is 5. The van der Waals surface area contributed by atoms with E-state index < -0.39 is 5.97 Å². The van der Waals surface area contributed by atoms with Crippen molar-refractivity contribution >= 4 is 23.6 Å². The Labute approximate surface area is 129 Å². The van der Waals surface area contributed by atoms with Gasteiger partial charge >= 0.3 is 5.97 Å². The molecule has 1 aromatic carbocycles. The highest BCUT2D eigenvalue weighted by Gasteiger charge is 2.22. The zero-order valence-electron chi connectivity index (χ0n) is 12.2. The summed E-state index contributed by atoms with van der Waals surface area (Å²) in [7, 11) is 0. The fraction of sp³-hybridized carbons (Fsp3) is 0.500. The number of carboxylic acid groups (broad SMARTS) is 1. The van der Waals surface area contributed by atoms with Crippen molar-refractivity contribution in [3.63, 3.8) is 0 Å². The molecule has 5 heteroatoms. The van der Waals surface area contributed by atoms with Gasteiger partial charge in [-0.2, -0.15) is 11.8 Å². The molecule has 2 atom stereocenters. The van der Waals surface area contributed by atoms with Gasteiger partial charge < -0.3 is 10.4 Å². The summed E-state index contributed by atoms with van der Waals surface area (Å²) in [6.45, 7) is 0. The van der Waals surface area contributed by atoms with E-state index in [1.807, 2.05) is 11.8 Å². The first-order valence-corrected chi connectivity index (χ1v) is 8.51. The van der Waals surface area contributed by atoms with E-state index in [4.69, 9.17) is 5.11 Å². The summed E-state index contributed by atoms with van der Waals surface area (Å²) in [6, 6.07) is 6.82. The second kappa shape index (κ2) is 7.50. The van der Waals surface area contributed by atoms with Gasteiger partial charge in [0.15, 0.2) is 0 Å². The van der Waals surface area contributed by atoms with E-state index in [0.29, 0.717) is 5.25 Å². The van der Waals surface area contributed by atoms with Crippen LogP contribution in [0.4, 0.5) is 0 Å². The lowest BCUT2D eigenvalue weighted by molar-refractivity contribution is -0.121. The van der Waals surface area contributed by atoms with Crippen molar-refractivity contribution in [3.05, 3.63) is 35.4 Å². The normalized spacial score (nSPS) is 21.8. The van der Waals surface area contributed by atoms with E-state index in [2.05, 4.69) is 11.6 Å². The van der Waals surface area contributed by atoms with Gasteiger partial charge in [0.25, 0.3) is 0 Å². The van der Waals surface area contributed by atoms with Gasteiger partial charge in [-0.15, -0.1) is 0 Å². The lowest BCUT2D eigenvalue weighted by Crippen LogP contribution is -2.39. The largest absolute Gasteiger partial charge is 0.478 e. The molecule has 0 aromatic heterocycles. The van der Waals surface area contributed by atoms with Crippen LogP contribution in [0.15, 0.2) is 24.3 Å². The molecule has 0 bridgehead atoms. The molecule has 1 amide bonds. The summed E-state index contributed by atoms with van der Waals surface area (Å²) in [5.74, 6) is -0.989. The fourth-order valence-corrected chi connectivity index (χ4v) is 3.60. The molecule has 114 valence electrons. The Balaban J connectivity index is 1.89. The molecular weight excluding hydrogens is 286 g/mol. The topological polar surface area (TPSA) is 66.4 Å². The van der Waals surface area contributed by atoms with Crippen molar-refractivity contribution in [1.29, 1.82) is 0 Å². The van der Waals surface area contributed by atoms with E-state index in [9.17, 15) is 9.59 Å². The van der Waals surface area contributed by atoms with E-state index in [1.54, 1.807) is 18.2 Å². The maximum atomic E-state index is 12.1. The van der Waals surface area contributed by atoms with Gasteiger partial charge in [-0.1, -0.05) is 18.6 Å². The van der Waals surface area contributed by atoms with Gasteiger partial charge in [-0.05, 0) is 43.2 Å². The molecule has 2 unspecified atom stereocenters. The highest BCUT2D eigenvalue weighted by Crippen LogP contribution is 2.26. The van der Waals surface area contributed by atoms with Gasteiger partial charge in [0, 0.05) is 11.3 Å². The summed E-state index contributed by atoms with van der Waals surface area (Å²) in [5.41, 5.74) is 0.963. The number of benzene rings is 1. The Bertz CT molecular complexity index is 518. The van der Waals surface area contributed by atoms with Crippen molar-refractivity contribution < 1.29 is 14.7 Å². The molecule has 1 aromatic rings. The number of hydrogen-bond donors (Lipinski definition) is 2. The molecule has 1 aliphatic carbocycles. The summed E-state index contributed by atoms with van der Waals surface area (Å²) in [4.78, 5) is 23.0. The van der Waals surface area contributed by atoms with Gasteiger partial charge in [0.1, 0.15) is 0 Å².